The number of carbonyl (C=O) groups excluding carboxylic acids is 3. The van der Waals surface area contributed by atoms with E-state index in [1.165, 1.54) is 99.7 Å². The fourth-order valence-electron chi connectivity index (χ4n) is 12.1. The molecule has 0 atom stereocenters. The van der Waals surface area contributed by atoms with E-state index in [0.29, 0.717) is 71.0 Å². The number of aromatic carboxylic acids is 1. The predicted octanol–water partition coefficient (Wildman–Crippen LogP) is 16.2. The topological polar surface area (TPSA) is 397 Å². The number of amides is 2. The van der Waals surface area contributed by atoms with Crippen LogP contribution in [-0.4, -0.2) is 120 Å². The first-order valence-corrected chi connectivity index (χ1v) is 49.6. The van der Waals surface area contributed by atoms with E-state index in [2.05, 4.69) is 147 Å². The second-order valence-electron chi connectivity index (χ2n) is 30.3. The van der Waals surface area contributed by atoms with Crippen LogP contribution in [0.1, 0.15) is 114 Å². The van der Waals surface area contributed by atoms with E-state index < -0.39 is 108 Å². The van der Waals surface area contributed by atoms with Crippen molar-refractivity contribution >= 4 is 224 Å². The molecule has 15 aromatic rings. The number of carboxylic acids is 1. The molecule has 0 aliphatic carbocycles. The molecule has 0 spiro atoms. The molecule has 16 rings (SSSR count). The van der Waals surface area contributed by atoms with Crippen molar-refractivity contribution in [3.63, 3.8) is 0 Å². The molecule has 11 aromatic heterocycles. The van der Waals surface area contributed by atoms with Gasteiger partial charge in [0.05, 0.1) is 84.6 Å². The van der Waals surface area contributed by atoms with Gasteiger partial charge in [0, 0.05) is 112 Å². The summed E-state index contributed by atoms with van der Waals surface area (Å²) in [5, 5.41) is 35.0. The van der Waals surface area contributed by atoms with Gasteiger partial charge in [-0.15, -0.1) is 36.4 Å². The number of nitrogens with zero attached hydrogens (tertiary/aromatic N) is 11. The number of carboxylic acid groups (broad SMARTS) is 1. The van der Waals surface area contributed by atoms with Crippen LogP contribution in [-0.2, 0) is 75.8 Å². The molecule has 146 heavy (non-hydrogen) atoms. The van der Waals surface area contributed by atoms with Crippen LogP contribution in [0.3, 0.4) is 0 Å². The molecule has 0 unspecified atom stereocenters. The van der Waals surface area contributed by atoms with Crippen molar-refractivity contribution < 1.29 is 101 Å². The SMILES string of the molecule is CC1(C)OB(c2cn(S(=O)(=O)c3ccccc3)c3ncccc23)OC1(C)C.COC(=O)c1cc(Br)ccn1.Cl.Cl.ClC(Cl)Cl.ClCc1cc(Br)ccn1.O=C(NCc1cc(Br)cc[n+]1[O-])c1cccn(Cc2ccc(F)c(F)c2)c1=O.O=C(NCc1cc(Br)ccn1)c1cccn(Cc2ccc(F)c(F)c2)c1=O.O=C(O)c1cccn(Cc2ccc(F)c(F)c2)c1=O.OCc1cc(Br)ccn1.[Cl-].[NH3+]Cc1cc(Br)ccn1. The highest BCUT2D eigenvalue weighted by molar-refractivity contribution is 9.11. The zero-order valence-corrected chi connectivity index (χ0v) is 92.5. The first-order valence-electron chi connectivity index (χ1n) is 41.6. The van der Waals surface area contributed by atoms with Crippen LogP contribution < -0.4 is 55.6 Å². The summed E-state index contributed by atoms with van der Waals surface area (Å²) in [5.41, 5.74) is 6.30. The summed E-state index contributed by atoms with van der Waals surface area (Å²) in [6, 6.07) is 51.5. The van der Waals surface area contributed by atoms with Gasteiger partial charge in [0.2, 0.25) is 5.69 Å². The van der Waals surface area contributed by atoms with Gasteiger partial charge >= 0.3 is 19.1 Å². The third-order valence-electron chi connectivity index (χ3n) is 19.8. The maximum Gasteiger partial charge on any atom is 0.497 e. The minimum absolute atomic E-state index is 0. The molecule has 1 saturated heterocycles. The number of hydrogen-bond acceptors (Lipinski definition) is 20. The smallest absolute Gasteiger partial charge is 0.497 e. The van der Waals surface area contributed by atoms with Gasteiger partial charge in [-0.2, -0.15) is 4.73 Å². The van der Waals surface area contributed by atoms with E-state index in [9.17, 15) is 73.5 Å². The number of aliphatic hydroxyl groups excluding tert-OH is 1. The van der Waals surface area contributed by atoms with E-state index in [4.69, 9.17) is 65.9 Å². The summed E-state index contributed by atoms with van der Waals surface area (Å²) < 4.78 is 132. The van der Waals surface area contributed by atoms with Gasteiger partial charge in [-0.05, 0) is 202 Å². The molecule has 2 amide bonds. The number of aliphatic hydroxyl groups is 1. The van der Waals surface area contributed by atoms with E-state index in [-0.39, 0.29) is 98.1 Å². The summed E-state index contributed by atoms with van der Waals surface area (Å²) in [5.74, 6) is -8.40. The van der Waals surface area contributed by atoms with E-state index in [1.807, 2.05) is 64.1 Å². The van der Waals surface area contributed by atoms with Gasteiger partial charge in [-0.3, -0.25) is 43.9 Å². The zero-order valence-electron chi connectivity index (χ0n) is 76.8. The highest BCUT2D eigenvalue weighted by Gasteiger charge is 2.53. The number of halogens is 19. The van der Waals surface area contributed by atoms with Gasteiger partial charge in [0.15, 0.2) is 51.0 Å². The van der Waals surface area contributed by atoms with Crippen LogP contribution in [0.15, 0.2) is 321 Å². The fraction of sp³-hybridized carbons (Fsp3) is 0.167. The van der Waals surface area contributed by atoms with Gasteiger partial charge in [0.1, 0.15) is 35.5 Å². The largest absolute Gasteiger partial charge is 1.00 e. The third-order valence-corrected chi connectivity index (χ3v) is 24.7. The number of esters is 1. The minimum atomic E-state index is -3.79. The van der Waals surface area contributed by atoms with Gasteiger partial charge < -0.3 is 71.9 Å². The predicted molar refractivity (Wildman–Crippen MR) is 564 cm³/mol. The second-order valence-corrected chi connectivity index (χ2v) is 39.9. The molecule has 0 radical (unpaired) electrons. The van der Waals surface area contributed by atoms with Crippen LogP contribution in [0, 0.1) is 40.1 Å². The Morgan fingerprint density at radius 1 is 0.514 bits per heavy atom. The molecule has 12 heterocycles. The highest BCUT2D eigenvalue weighted by Crippen LogP contribution is 2.38. The maximum absolute atomic E-state index is 13.4. The molecular formula is C96H86BBr6Cl7F6N14O15S. The molecule has 4 aromatic carbocycles. The lowest BCUT2D eigenvalue weighted by Gasteiger charge is -2.32. The minimum Gasteiger partial charge on any atom is -1.00 e. The molecule has 1 fully saturated rings. The number of methoxy groups -OCH3 is 1. The molecule has 29 nitrogen and oxygen atoms in total. The number of ether oxygens (including phenoxy) is 1. The first kappa shape index (κ1) is 126. The molecule has 50 heteroatoms. The summed E-state index contributed by atoms with van der Waals surface area (Å²) in [6.07, 6.45) is 17.0. The van der Waals surface area contributed by atoms with Gasteiger partial charge in [-0.1, -0.05) is 167 Å². The van der Waals surface area contributed by atoms with Crippen LogP contribution in [0.25, 0.3) is 11.0 Å². The normalized spacial score (nSPS) is 11.6. The Balaban J connectivity index is 0.000000302. The summed E-state index contributed by atoms with van der Waals surface area (Å²) >= 11 is 39.6. The zero-order chi connectivity index (χ0) is 105. The average molecular weight is 2560 g/mol. The Kier molecular flexibility index (Phi) is 52.9. The van der Waals surface area contributed by atoms with Crippen LogP contribution in [0.2, 0.25) is 0 Å². The number of rotatable bonds is 20. The van der Waals surface area contributed by atoms with E-state index in [1.54, 1.807) is 122 Å². The van der Waals surface area contributed by atoms with Crippen molar-refractivity contribution in [2.45, 2.75) is 99.8 Å². The number of alkyl halides is 4. The first-order chi connectivity index (χ1) is 67.8. The molecule has 772 valence electrons. The van der Waals surface area contributed by atoms with E-state index >= 15 is 0 Å². The van der Waals surface area contributed by atoms with Crippen molar-refractivity contribution in [2.75, 3.05) is 7.11 Å². The molecule has 7 N–H and O–H groups in total. The van der Waals surface area contributed by atoms with Crippen molar-refractivity contribution in [3.05, 3.63) is 440 Å². The molecule has 1 aliphatic heterocycles. The Hall–Kier alpha value is -10.7. The quantitative estimate of drug-likeness (QED) is 0.0118. The van der Waals surface area contributed by atoms with Gasteiger partial charge in [0.25, 0.3) is 38.5 Å². The van der Waals surface area contributed by atoms with Crippen LogP contribution in [0.5, 0.6) is 0 Å². The van der Waals surface area contributed by atoms with Crippen LogP contribution >= 0.6 is 167 Å². The third kappa shape index (κ3) is 38.8. The van der Waals surface area contributed by atoms with Crippen molar-refractivity contribution in [2.24, 2.45) is 0 Å². The average Bonchev–Trinajstić information content (AvgIpc) is 1.58. The lowest BCUT2D eigenvalue weighted by Crippen LogP contribution is -3.00. The lowest BCUT2D eigenvalue weighted by atomic mass is 9.79. The number of quaternary nitrogens is 1. The Bertz CT molecular complexity index is 7140. The monoisotopic (exact) mass is 2550 g/mol. The lowest BCUT2D eigenvalue weighted by molar-refractivity contribution is -0.614. The number of carbonyl (C=O) groups is 4. The van der Waals surface area contributed by atoms with Crippen molar-refractivity contribution in [1.82, 2.24) is 58.2 Å². The number of aromatic nitrogens is 11. The number of pyridine rings is 10. The Morgan fingerprint density at radius 2 is 0.911 bits per heavy atom. The Labute approximate surface area is 921 Å². The molecular weight excluding hydrogens is 2470 g/mol. The van der Waals surface area contributed by atoms with E-state index in [0.717, 1.165) is 81.3 Å². The summed E-state index contributed by atoms with van der Waals surface area (Å²) in [4.78, 5) is 108. The number of benzene rings is 4. The van der Waals surface area contributed by atoms with Crippen LogP contribution in [0.4, 0.5) is 26.3 Å². The second kappa shape index (κ2) is 61.3. The van der Waals surface area contributed by atoms with Crippen molar-refractivity contribution in [3.8, 4) is 0 Å². The van der Waals surface area contributed by atoms with Crippen molar-refractivity contribution in [1.29, 1.82) is 0 Å². The summed E-state index contributed by atoms with van der Waals surface area (Å²) in [6.45, 7) is 8.66. The summed E-state index contributed by atoms with van der Waals surface area (Å²) in [7, 11) is -3.14. The standard InChI is InChI=1S/C19H21BN2O4S.C19H14BrF2N3O3.C19H14BrF2N3O2.C13H9F2NO3.C7H6BrNO2.C6H5BrClN.C6H7BrN2.C6H6BrNO.CHCl3.3ClH/c1-18(2)19(3,4)26-20(25-18)16-13-22(17-15(16)11-8-12-21-17)27(23,24)14-9-6-5-7-10-14;20-13-5-7-25(28)14(9-13)10-23-18(26)15-2-1-6-24(19(15)27)11-12-3-4-16(21)17(22)8-12;20-13-5-6-23-14(9-13)10-24-18(26)15-2-1-7-25(19(15)27)11-12-3-4-16(21)17(22)8-12;14-10-4-3-8(6-11(10)15)7-16-5-1-2-9(12(16)17)13(18)19;1-11-7(10)6-4-5(8)2-3-9-6;2*7-5-1-2-9-6(3-5)4-8;7-5-1-2-8-6(3-5)4-9;2-1(3)4;;;/h5-13H,1-4H3;1-9H,10-11H2,(H,23,26);1-9H,10-11H2,(H,24,26);1-6H,7H2,(H,18,19);2-4H,1H3;1-3H,4H2;1-3H,4,8H2;1-3,9H,4H2;1H;3*1H. The number of hydrogen-bond donors (Lipinski definition) is 5. The maximum atomic E-state index is 13.4. The fourth-order valence-corrected chi connectivity index (χ4v) is 15.8. The number of nitrogens with one attached hydrogen (secondary N) is 2. The molecule has 0 saturated carbocycles. The molecule has 0 bridgehead atoms. The Morgan fingerprint density at radius 3 is 1.32 bits per heavy atom. The van der Waals surface area contributed by atoms with Gasteiger partial charge in [-0.25, -0.2) is 58.3 Å². The molecule has 1 aliphatic rings. The number of fused-ring (bicyclic) bond motifs is 1. The highest BCUT2D eigenvalue weighted by atomic mass is 79.9.